The van der Waals surface area contributed by atoms with E-state index in [4.69, 9.17) is 4.74 Å². The average molecular weight is 255 g/mol. The number of aromatic nitrogens is 1. The van der Waals surface area contributed by atoms with E-state index in [1.165, 1.54) is 6.07 Å². The van der Waals surface area contributed by atoms with Gasteiger partial charge in [0, 0.05) is 6.07 Å². The van der Waals surface area contributed by atoms with E-state index < -0.39 is 0 Å². The smallest absolute Gasteiger partial charge is 0.148 e. The van der Waals surface area contributed by atoms with Gasteiger partial charge in [-0.3, -0.25) is 4.98 Å². The summed E-state index contributed by atoms with van der Waals surface area (Å²) in [5, 5.41) is 0. The maximum atomic E-state index is 13.1. The van der Waals surface area contributed by atoms with E-state index in [0.29, 0.717) is 23.7 Å². The van der Waals surface area contributed by atoms with E-state index in [-0.39, 0.29) is 5.82 Å². The predicted octanol–water partition coefficient (Wildman–Crippen LogP) is 4.84. The number of aryl methyl sites for hydroxylation is 2. The molecular formula is C15H26FNO. The molecule has 1 rings (SSSR count). The fourth-order valence-electron chi connectivity index (χ4n) is 1.08. The summed E-state index contributed by atoms with van der Waals surface area (Å²) >= 11 is 0. The molecule has 1 heterocycles. The summed E-state index contributed by atoms with van der Waals surface area (Å²) in [7, 11) is 0. The van der Waals surface area contributed by atoms with E-state index >= 15 is 0 Å². The Bertz CT molecular complexity index is 338. The van der Waals surface area contributed by atoms with Crippen molar-refractivity contribution in [3.05, 3.63) is 35.9 Å². The molecule has 104 valence electrons. The van der Waals surface area contributed by atoms with Gasteiger partial charge in [-0.2, -0.15) is 0 Å². The summed E-state index contributed by atoms with van der Waals surface area (Å²) in [4.78, 5) is 4.03. The first kappa shape index (κ1) is 19.0. The van der Waals surface area contributed by atoms with E-state index in [0.717, 1.165) is 6.42 Å². The molecule has 0 fully saturated rings. The molecule has 0 radical (unpaired) electrons. The van der Waals surface area contributed by atoms with Crippen molar-refractivity contribution in [1.29, 1.82) is 0 Å². The molecule has 0 atom stereocenters. The first-order valence-electron chi connectivity index (χ1n) is 6.52. The summed E-state index contributed by atoms with van der Waals surface area (Å²) in [5.74, 6) is 0.180. The molecule has 1 aromatic rings. The van der Waals surface area contributed by atoms with Gasteiger partial charge in [-0.15, -0.1) is 6.58 Å². The Hall–Kier alpha value is -1.38. The highest BCUT2D eigenvalue weighted by atomic mass is 19.1. The Balaban J connectivity index is 0. The molecule has 3 heteroatoms. The van der Waals surface area contributed by atoms with Crippen LogP contribution in [0.4, 0.5) is 4.39 Å². The topological polar surface area (TPSA) is 22.1 Å². The van der Waals surface area contributed by atoms with Crippen LogP contribution in [0.1, 0.15) is 45.5 Å². The number of ether oxygens (including phenoxy) is 1. The van der Waals surface area contributed by atoms with Gasteiger partial charge in [-0.25, -0.2) is 4.39 Å². The highest BCUT2D eigenvalue weighted by Crippen LogP contribution is 2.18. The third-order valence-electron chi connectivity index (χ3n) is 1.87. The van der Waals surface area contributed by atoms with E-state index in [1.54, 1.807) is 19.9 Å². The predicted molar refractivity (Wildman–Crippen MR) is 76.7 cm³/mol. The van der Waals surface area contributed by atoms with Crippen LogP contribution < -0.4 is 4.74 Å². The van der Waals surface area contributed by atoms with Gasteiger partial charge in [-0.1, -0.05) is 33.8 Å². The minimum atomic E-state index is -0.329. The van der Waals surface area contributed by atoms with Crippen LogP contribution >= 0.6 is 0 Å². The highest BCUT2D eigenvalue weighted by Gasteiger charge is 2.05. The molecular weight excluding hydrogens is 229 g/mol. The minimum Gasteiger partial charge on any atom is -0.491 e. The van der Waals surface area contributed by atoms with Crippen molar-refractivity contribution in [3.63, 3.8) is 0 Å². The summed E-state index contributed by atoms with van der Waals surface area (Å²) in [6.07, 6.45) is 2.50. The lowest BCUT2D eigenvalue weighted by Gasteiger charge is -2.08. The Morgan fingerprint density at radius 3 is 2.28 bits per heavy atom. The standard InChI is InChI=1S/C11H14FNO.2C2H6/c1-4-5-6-14-11-7-10(12)8(2)13-9(11)3;2*1-2/h4,7H,1,5-6H2,2-3H3;2*1-2H3. The molecule has 0 bridgehead atoms. The maximum Gasteiger partial charge on any atom is 0.148 e. The van der Waals surface area contributed by atoms with Gasteiger partial charge in [0.25, 0.3) is 0 Å². The maximum absolute atomic E-state index is 13.1. The van der Waals surface area contributed by atoms with Crippen LogP contribution in [0, 0.1) is 19.7 Å². The molecule has 0 unspecified atom stereocenters. The second-order valence-electron chi connectivity index (χ2n) is 3.06. The molecule has 0 saturated carbocycles. The molecule has 18 heavy (non-hydrogen) atoms. The van der Waals surface area contributed by atoms with Crippen LogP contribution in [0.25, 0.3) is 0 Å². The highest BCUT2D eigenvalue weighted by molar-refractivity contribution is 5.29. The van der Waals surface area contributed by atoms with Gasteiger partial charge in [0.2, 0.25) is 0 Å². The lowest BCUT2D eigenvalue weighted by Crippen LogP contribution is -2.01. The molecule has 0 aliphatic heterocycles. The quantitative estimate of drug-likeness (QED) is 0.567. The zero-order valence-electron chi connectivity index (χ0n) is 12.5. The van der Waals surface area contributed by atoms with Crippen LogP contribution in [0.3, 0.4) is 0 Å². The van der Waals surface area contributed by atoms with Crippen molar-refractivity contribution in [1.82, 2.24) is 4.98 Å². The summed E-state index contributed by atoms with van der Waals surface area (Å²) in [5.41, 5.74) is 1.12. The van der Waals surface area contributed by atoms with Crippen molar-refractivity contribution in [3.8, 4) is 5.75 Å². The zero-order chi connectivity index (χ0) is 14.6. The van der Waals surface area contributed by atoms with E-state index in [9.17, 15) is 4.39 Å². The molecule has 2 nitrogen and oxygen atoms in total. The molecule has 0 spiro atoms. The molecule has 0 aliphatic rings. The number of nitrogens with zero attached hydrogens (tertiary/aromatic N) is 1. The molecule has 0 aliphatic carbocycles. The van der Waals surface area contributed by atoms with Crippen molar-refractivity contribution < 1.29 is 9.13 Å². The second-order valence-corrected chi connectivity index (χ2v) is 3.06. The summed E-state index contributed by atoms with van der Waals surface area (Å²) < 4.78 is 18.4. The Morgan fingerprint density at radius 2 is 1.78 bits per heavy atom. The van der Waals surface area contributed by atoms with Crippen molar-refractivity contribution >= 4 is 0 Å². The van der Waals surface area contributed by atoms with Crippen molar-refractivity contribution in [2.75, 3.05) is 6.61 Å². The van der Waals surface area contributed by atoms with Crippen LogP contribution in [-0.4, -0.2) is 11.6 Å². The molecule has 0 N–H and O–H groups in total. The van der Waals surface area contributed by atoms with Gasteiger partial charge in [0.1, 0.15) is 11.6 Å². The Morgan fingerprint density at radius 1 is 1.22 bits per heavy atom. The van der Waals surface area contributed by atoms with Gasteiger partial charge in [0.05, 0.1) is 18.0 Å². The molecule has 1 aromatic heterocycles. The lowest BCUT2D eigenvalue weighted by molar-refractivity contribution is 0.318. The van der Waals surface area contributed by atoms with Crippen LogP contribution in [0.5, 0.6) is 5.75 Å². The third kappa shape index (κ3) is 7.05. The van der Waals surface area contributed by atoms with Gasteiger partial charge < -0.3 is 4.74 Å². The van der Waals surface area contributed by atoms with Crippen LogP contribution in [0.2, 0.25) is 0 Å². The Kier molecular flexibility index (Phi) is 12.7. The number of hydrogen-bond acceptors (Lipinski definition) is 2. The number of halogens is 1. The van der Waals surface area contributed by atoms with E-state index in [2.05, 4.69) is 11.6 Å². The Labute approximate surface area is 111 Å². The van der Waals surface area contributed by atoms with Crippen LogP contribution in [0.15, 0.2) is 18.7 Å². The zero-order valence-corrected chi connectivity index (χ0v) is 12.5. The van der Waals surface area contributed by atoms with Gasteiger partial charge in [0.15, 0.2) is 0 Å². The van der Waals surface area contributed by atoms with Crippen LogP contribution in [-0.2, 0) is 0 Å². The minimum absolute atomic E-state index is 0.329. The van der Waals surface area contributed by atoms with Crippen molar-refractivity contribution in [2.45, 2.75) is 48.0 Å². The second kappa shape index (κ2) is 12.1. The first-order valence-corrected chi connectivity index (χ1v) is 6.52. The normalized spacial score (nSPS) is 8.39. The van der Waals surface area contributed by atoms with E-state index in [1.807, 2.05) is 27.7 Å². The SMILES string of the molecule is C=CCCOc1cc(F)c(C)nc1C.CC.CC. The summed E-state index contributed by atoms with van der Waals surface area (Å²) in [6, 6.07) is 1.38. The largest absolute Gasteiger partial charge is 0.491 e. The average Bonchev–Trinajstić information content (AvgIpc) is 2.40. The number of pyridine rings is 1. The van der Waals surface area contributed by atoms with Gasteiger partial charge >= 0.3 is 0 Å². The molecule has 0 amide bonds. The molecule has 0 aromatic carbocycles. The fraction of sp³-hybridized carbons (Fsp3) is 0.533. The third-order valence-corrected chi connectivity index (χ3v) is 1.87. The molecule has 0 saturated heterocycles. The van der Waals surface area contributed by atoms with Gasteiger partial charge in [-0.05, 0) is 20.3 Å². The summed E-state index contributed by atoms with van der Waals surface area (Å²) in [6.45, 7) is 15.5. The number of hydrogen-bond donors (Lipinski definition) is 0. The monoisotopic (exact) mass is 255 g/mol. The van der Waals surface area contributed by atoms with Crippen molar-refractivity contribution in [2.24, 2.45) is 0 Å². The first-order chi connectivity index (χ1) is 8.65. The fourth-order valence-corrected chi connectivity index (χ4v) is 1.08. The lowest BCUT2D eigenvalue weighted by atomic mass is 10.3. The number of rotatable bonds is 4.